The van der Waals surface area contributed by atoms with Crippen molar-refractivity contribution in [1.82, 2.24) is 0 Å². The van der Waals surface area contributed by atoms with Crippen LogP contribution in [0, 0.1) is 5.21 Å². The van der Waals surface area contributed by atoms with Gasteiger partial charge in [-0.3, -0.25) is 0 Å². The Morgan fingerprint density at radius 2 is 1.44 bits per heavy atom. The maximum atomic E-state index is 10.8. The molecule has 3 heteroatoms. The van der Waals surface area contributed by atoms with Crippen LogP contribution >= 0.6 is 0 Å². The highest BCUT2D eigenvalue weighted by Gasteiger charge is 2.15. The fraction of sp³-hybridized carbons (Fsp3) is 1.00. The number of hydroxylamine groups is 4. The number of quaternary nitrogens is 1. The highest BCUT2D eigenvalue weighted by Crippen LogP contribution is 2.13. The van der Waals surface area contributed by atoms with E-state index in [1.807, 2.05) is 0 Å². The normalized spacial score (nSPS) is 27.3. The number of nitrogens with zero attached hydrogens (tertiary/aromatic N) is 1. The molecular formula is C6H13NO2. The minimum Gasteiger partial charge on any atom is -0.598 e. The molecule has 1 aliphatic rings. The van der Waals surface area contributed by atoms with Crippen molar-refractivity contribution in [3.05, 3.63) is 5.21 Å². The summed E-state index contributed by atoms with van der Waals surface area (Å²) in [5.74, 6) is 0. The van der Waals surface area contributed by atoms with Crippen LogP contribution < -0.4 is 0 Å². The molecule has 0 amide bonds. The first-order chi connectivity index (χ1) is 4.21. The van der Waals surface area contributed by atoms with Gasteiger partial charge in [-0.15, -0.1) is 0 Å². The molecule has 1 heterocycles. The molecule has 0 saturated carbocycles. The van der Waals surface area contributed by atoms with E-state index in [9.17, 15) is 5.21 Å². The lowest BCUT2D eigenvalue weighted by atomic mass is 10.2. The maximum absolute atomic E-state index is 10.8. The largest absolute Gasteiger partial charge is 0.598 e. The maximum Gasteiger partial charge on any atom is 0.108 e. The van der Waals surface area contributed by atoms with Crippen molar-refractivity contribution in [2.24, 2.45) is 0 Å². The second-order valence-electron chi connectivity index (χ2n) is 2.71. The highest BCUT2D eigenvalue weighted by molar-refractivity contribution is 4.48. The molecule has 54 valence electrons. The van der Waals surface area contributed by atoms with Gasteiger partial charge in [-0.05, 0) is 25.7 Å². The smallest absolute Gasteiger partial charge is 0.108 e. The minimum atomic E-state index is -1.00. The predicted octanol–water partition coefficient (Wildman–Crippen LogP) is 1.26. The van der Waals surface area contributed by atoms with Crippen LogP contribution in [0.5, 0.6) is 0 Å². The van der Waals surface area contributed by atoms with E-state index in [4.69, 9.17) is 5.21 Å². The van der Waals surface area contributed by atoms with Crippen LogP contribution in [0.1, 0.15) is 25.7 Å². The minimum absolute atomic E-state index is 0.389. The zero-order chi connectivity index (χ0) is 6.74. The van der Waals surface area contributed by atoms with E-state index in [2.05, 4.69) is 0 Å². The van der Waals surface area contributed by atoms with Crippen molar-refractivity contribution in [2.75, 3.05) is 13.1 Å². The summed E-state index contributed by atoms with van der Waals surface area (Å²) < 4.78 is 0. The second-order valence-corrected chi connectivity index (χ2v) is 2.71. The molecule has 1 aliphatic heterocycles. The number of hydrogen-bond acceptors (Lipinski definition) is 2. The Morgan fingerprint density at radius 3 is 1.89 bits per heavy atom. The molecule has 1 N–H and O–H groups in total. The molecule has 1 rings (SSSR count). The van der Waals surface area contributed by atoms with Gasteiger partial charge in [0.2, 0.25) is 0 Å². The third-order valence-corrected chi connectivity index (χ3v) is 1.77. The summed E-state index contributed by atoms with van der Waals surface area (Å²) in [7, 11) is 0. The van der Waals surface area contributed by atoms with Gasteiger partial charge in [-0.25, -0.2) is 10.0 Å². The van der Waals surface area contributed by atoms with Crippen molar-refractivity contribution >= 4 is 0 Å². The average molecular weight is 131 g/mol. The number of rotatable bonds is 0. The molecule has 0 atom stereocenters. The fourth-order valence-corrected chi connectivity index (χ4v) is 1.18. The van der Waals surface area contributed by atoms with E-state index in [-0.39, 0.29) is 0 Å². The van der Waals surface area contributed by atoms with E-state index in [1.165, 1.54) is 0 Å². The first-order valence-electron chi connectivity index (χ1n) is 3.52. The van der Waals surface area contributed by atoms with E-state index in [0.29, 0.717) is 13.1 Å². The summed E-state index contributed by atoms with van der Waals surface area (Å²) in [5.41, 5.74) is 0. The molecule has 0 aromatic heterocycles. The van der Waals surface area contributed by atoms with Gasteiger partial charge in [0.05, 0.1) is 0 Å². The lowest BCUT2D eigenvalue weighted by Gasteiger charge is -2.31. The molecule has 0 bridgehead atoms. The SMILES string of the molecule is [O-][N+]1(O)CCCCCC1. The Morgan fingerprint density at radius 1 is 1.00 bits per heavy atom. The van der Waals surface area contributed by atoms with Crippen molar-refractivity contribution in [3.63, 3.8) is 0 Å². The molecule has 0 aromatic carbocycles. The van der Waals surface area contributed by atoms with Crippen molar-refractivity contribution in [3.8, 4) is 0 Å². The Hall–Kier alpha value is -0.120. The lowest BCUT2D eigenvalue weighted by molar-refractivity contribution is -1.06. The molecule has 9 heavy (non-hydrogen) atoms. The molecule has 0 radical (unpaired) electrons. The lowest BCUT2D eigenvalue weighted by Crippen LogP contribution is -2.38. The Kier molecular flexibility index (Phi) is 2.05. The van der Waals surface area contributed by atoms with Gasteiger partial charge in [-0.2, -0.15) is 0 Å². The monoisotopic (exact) mass is 131 g/mol. The van der Waals surface area contributed by atoms with Crippen LogP contribution in [-0.2, 0) is 0 Å². The van der Waals surface area contributed by atoms with Crippen LogP contribution in [0.25, 0.3) is 0 Å². The summed E-state index contributed by atoms with van der Waals surface area (Å²) in [6, 6.07) is 0. The summed E-state index contributed by atoms with van der Waals surface area (Å²) in [5, 5.41) is 19.8. The van der Waals surface area contributed by atoms with Crippen LogP contribution in [0.3, 0.4) is 0 Å². The van der Waals surface area contributed by atoms with E-state index >= 15 is 0 Å². The van der Waals surface area contributed by atoms with E-state index < -0.39 is 4.81 Å². The zero-order valence-electron chi connectivity index (χ0n) is 5.55. The third-order valence-electron chi connectivity index (χ3n) is 1.77. The van der Waals surface area contributed by atoms with Gasteiger partial charge >= 0.3 is 0 Å². The van der Waals surface area contributed by atoms with Crippen LogP contribution in [-0.4, -0.2) is 23.1 Å². The van der Waals surface area contributed by atoms with Crippen LogP contribution in [0.4, 0.5) is 0 Å². The fourth-order valence-electron chi connectivity index (χ4n) is 1.18. The van der Waals surface area contributed by atoms with Crippen LogP contribution in [0.2, 0.25) is 0 Å². The van der Waals surface area contributed by atoms with Gasteiger partial charge in [0, 0.05) is 0 Å². The van der Waals surface area contributed by atoms with Gasteiger partial charge in [0.25, 0.3) is 0 Å². The molecule has 0 aliphatic carbocycles. The van der Waals surface area contributed by atoms with Crippen molar-refractivity contribution in [2.45, 2.75) is 25.7 Å². The third kappa shape index (κ3) is 2.30. The summed E-state index contributed by atoms with van der Waals surface area (Å²) in [6.45, 7) is 0.778. The molecule has 1 fully saturated rings. The second kappa shape index (κ2) is 2.64. The molecule has 0 spiro atoms. The van der Waals surface area contributed by atoms with Gasteiger partial charge < -0.3 is 5.21 Å². The summed E-state index contributed by atoms with van der Waals surface area (Å²) >= 11 is 0. The first-order valence-corrected chi connectivity index (χ1v) is 3.52. The molecule has 0 aromatic rings. The van der Waals surface area contributed by atoms with E-state index in [1.54, 1.807) is 0 Å². The number of hydrogen-bond donors (Lipinski definition) is 1. The summed E-state index contributed by atoms with van der Waals surface area (Å²) in [4.78, 5) is -1.00. The molecular weight excluding hydrogens is 118 g/mol. The quantitative estimate of drug-likeness (QED) is 0.397. The summed E-state index contributed by atoms with van der Waals surface area (Å²) in [6.07, 6.45) is 3.95. The topological polar surface area (TPSA) is 43.3 Å². The van der Waals surface area contributed by atoms with Gasteiger partial charge in [0.15, 0.2) is 0 Å². The predicted molar refractivity (Wildman–Crippen MR) is 33.6 cm³/mol. The highest BCUT2D eigenvalue weighted by atomic mass is 16.8. The Bertz CT molecular complexity index is 83.1. The van der Waals surface area contributed by atoms with Gasteiger partial charge in [0.1, 0.15) is 13.1 Å². The van der Waals surface area contributed by atoms with E-state index in [0.717, 1.165) is 25.7 Å². The first kappa shape index (κ1) is 6.99. The van der Waals surface area contributed by atoms with Crippen LogP contribution in [0.15, 0.2) is 0 Å². The molecule has 3 nitrogen and oxygen atoms in total. The molecule has 1 saturated heterocycles. The Balaban J connectivity index is 2.36. The standard InChI is InChI=1S/C6H13NO2/c8-7(9)5-3-1-2-4-6-7/h8H,1-6H2. The van der Waals surface area contributed by atoms with Crippen molar-refractivity contribution < 1.29 is 10.0 Å². The Labute approximate surface area is 55.0 Å². The average Bonchev–Trinajstić information content (AvgIpc) is 1.92. The van der Waals surface area contributed by atoms with Gasteiger partial charge in [-0.1, -0.05) is 0 Å². The van der Waals surface area contributed by atoms with Crippen molar-refractivity contribution in [1.29, 1.82) is 0 Å². The molecule has 0 unspecified atom stereocenters. The zero-order valence-corrected chi connectivity index (χ0v) is 5.55.